The van der Waals surface area contributed by atoms with Gasteiger partial charge in [-0.3, -0.25) is 4.79 Å². The van der Waals surface area contributed by atoms with Crippen LogP contribution in [0.5, 0.6) is 5.75 Å². The molecule has 0 aliphatic carbocycles. The Morgan fingerprint density at radius 1 is 1.44 bits per heavy atom. The molecular formula is C14H15FO3. The Bertz CT molecular complexity index is 500. The lowest BCUT2D eigenvalue weighted by Gasteiger charge is -2.42. The van der Waals surface area contributed by atoms with Crippen LogP contribution < -0.4 is 4.74 Å². The Morgan fingerprint density at radius 2 is 2.28 bits per heavy atom. The van der Waals surface area contributed by atoms with E-state index in [0.29, 0.717) is 37.2 Å². The van der Waals surface area contributed by atoms with Crippen molar-refractivity contribution >= 4 is 5.78 Å². The third-order valence-corrected chi connectivity index (χ3v) is 3.67. The molecule has 0 saturated carbocycles. The smallest absolute Gasteiger partial charge is 0.170 e. The van der Waals surface area contributed by atoms with Gasteiger partial charge < -0.3 is 9.47 Å². The molecule has 2 aliphatic heterocycles. The van der Waals surface area contributed by atoms with Gasteiger partial charge in [0.15, 0.2) is 5.78 Å². The van der Waals surface area contributed by atoms with E-state index in [4.69, 9.17) is 9.47 Å². The topological polar surface area (TPSA) is 35.5 Å². The lowest BCUT2D eigenvalue weighted by molar-refractivity contribution is -0.0849. The first-order valence-electron chi connectivity index (χ1n) is 6.21. The van der Waals surface area contributed by atoms with Crippen molar-refractivity contribution in [2.75, 3.05) is 6.61 Å². The maximum atomic E-state index is 13.1. The Hall–Kier alpha value is -1.42. The zero-order valence-electron chi connectivity index (χ0n) is 10.2. The molecule has 0 aromatic heterocycles. The van der Waals surface area contributed by atoms with Crippen molar-refractivity contribution in [3.8, 4) is 5.75 Å². The number of ketones is 1. The van der Waals surface area contributed by atoms with Gasteiger partial charge in [0.25, 0.3) is 0 Å². The summed E-state index contributed by atoms with van der Waals surface area (Å²) in [5, 5.41) is 0. The zero-order valence-corrected chi connectivity index (χ0v) is 10.2. The molecule has 0 N–H and O–H groups in total. The lowest BCUT2D eigenvalue weighted by atomic mass is 9.82. The summed E-state index contributed by atoms with van der Waals surface area (Å²) in [6, 6.07) is 4.13. The molecule has 96 valence electrons. The second-order valence-electron chi connectivity index (χ2n) is 5.16. The first-order chi connectivity index (χ1) is 8.58. The van der Waals surface area contributed by atoms with E-state index in [1.807, 2.05) is 6.92 Å². The summed E-state index contributed by atoms with van der Waals surface area (Å²) >= 11 is 0. The van der Waals surface area contributed by atoms with Gasteiger partial charge in [0.05, 0.1) is 24.7 Å². The second-order valence-corrected chi connectivity index (χ2v) is 5.16. The summed E-state index contributed by atoms with van der Waals surface area (Å²) in [6.07, 6.45) is 1.82. The molecule has 0 radical (unpaired) electrons. The summed E-state index contributed by atoms with van der Waals surface area (Å²) in [5.74, 6) is 0.0635. The quantitative estimate of drug-likeness (QED) is 0.710. The minimum absolute atomic E-state index is 0.0372. The maximum Gasteiger partial charge on any atom is 0.170 e. The predicted molar refractivity (Wildman–Crippen MR) is 63.4 cm³/mol. The maximum absolute atomic E-state index is 13.1. The molecule has 0 amide bonds. The van der Waals surface area contributed by atoms with Gasteiger partial charge >= 0.3 is 0 Å². The highest BCUT2D eigenvalue weighted by atomic mass is 19.1. The minimum Gasteiger partial charge on any atom is -0.486 e. The van der Waals surface area contributed by atoms with Crippen molar-refractivity contribution in [2.24, 2.45) is 0 Å². The van der Waals surface area contributed by atoms with E-state index in [-0.39, 0.29) is 11.9 Å². The average Bonchev–Trinajstić information content (AvgIpc) is 2.30. The third-order valence-electron chi connectivity index (χ3n) is 3.67. The summed E-state index contributed by atoms with van der Waals surface area (Å²) in [6.45, 7) is 2.58. The predicted octanol–water partition coefficient (Wildman–Crippen LogP) is 2.73. The van der Waals surface area contributed by atoms with Crippen LogP contribution in [0.25, 0.3) is 0 Å². The molecule has 1 spiro atoms. The molecule has 3 rings (SSSR count). The Kier molecular flexibility index (Phi) is 2.63. The van der Waals surface area contributed by atoms with Crippen LogP contribution in [0.3, 0.4) is 0 Å². The highest BCUT2D eigenvalue weighted by Gasteiger charge is 2.43. The van der Waals surface area contributed by atoms with Crippen LogP contribution in [0.2, 0.25) is 0 Å². The zero-order chi connectivity index (χ0) is 12.8. The van der Waals surface area contributed by atoms with E-state index in [2.05, 4.69) is 0 Å². The third kappa shape index (κ3) is 1.90. The number of Topliss-reactive ketones (excluding diaryl/α,β-unsaturated/α-hetero) is 1. The number of fused-ring (bicyclic) bond motifs is 1. The van der Waals surface area contributed by atoms with Crippen LogP contribution in [0.1, 0.15) is 36.5 Å². The van der Waals surface area contributed by atoms with Crippen molar-refractivity contribution in [3.05, 3.63) is 29.6 Å². The molecule has 2 aliphatic rings. The molecule has 4 heteroatoms. The Morgan fingerprint density at radius 3 is 3.06 bits per heavy atom. The van der Waals surface area contributed by atoms with E-state index in [9.17, 15) is 9.18 Å². The van der Waals surface area contributed by atoms with Crippen molar-refractivity contribution in [1.29, 1.82) is 0 Å². The minimum atomic E-state index is -0.459. The fourth-order valence-corrected chi connectivity index (χ4v) is 2.85. The molecule has 2 atom stereocenters. The fraction of sp³-hybridized carbons (Fsp3) is 0.500. The molecule has 0 bridgehead atoms. The van der Waals surface area contributed by atoms with Crippen LogP contribution in [-0.4, -0.2) is 24.1 Å². The van der Waals surface area contributed by atoms with E-state index in [0.717, 1.165) is 0 Å². The highest BCUT2D eigenvalue weighted by Crippen LogP contribution is 2.40. The first-order valence-corrected chi connectivity index (χ1v) is 6.21. The van der Waals surface area contributed by atoms with Crippen LogP contribution in [0.15, 0.2) is 18.2 Å². The normalized spacial score (nSPS) is 31.0. The van der Waals surface area contributed by atoms with Gasteiger partial charge in [-0.15, -0.1) is 0 Å². The number of hydrogen-bond acceptors (Lipinski definition) is 3. The van der Waals surface area contributed by atoms with Gasteiger partial charge in [0.2, 0.25) is 0 Å². The highest BCUT2D eigenvalue weighted by molar-refractivity contribution is 6.00. The Labute approximate surface area is 105 Å². The second kappa shape index (κ2) is 4.05. The number of hydrogen-bond donors (Lipinski definition) is 0. The number of rotatable bonds is 0. The monoisotopic (exact) mass is 250 g/mol. The number of ether oxygens (including phenoxy) is 2. The van der Waals surface area contributed by atoms with Crippen LogP contribution in [0.4, 0.5) is 4.39 Å². The standard InChI is InChI=1S/C14H15FO3/c1-9-7-14(4-5-17-9)8-12(16)11-6-10(15)2-3-13(11)18-14/h2-3,6,9H,4-5,7-8H2,1H3. The molecule has 3 nitrogen and oxygen atoms in total. The fourth-order valence-electron chi connectivity index (χ4n) is 2.85. The molecular weight excluding hydrogens is 235 g/mol. The van der Waals surface area contributed by atoms with E-state index >= 15 is 0 Å². The number of carbonyl (C=O) groups excluding carboxylic acids is 1. The Balaban J connectivity index is 1.96. The summed E-state index contributed by atoms with van der Waals surface area (Å²) in [7, 11) is 0. The van der Waals surface area contributed by atoms with Gasteiger partial charge in [-0.05, 0) is 25.1 Å². The van der Waals surface area contributed by atoms with E-state index < -0.39 is 11.4 Å². The number of benzene rings is 1. The van der Waals surface area contributed by atoms with Gasteiger partial charge in [0, 0.05) is 12.8 Å². The van der Waals surface area contributed by atoms with Crippen molar-refractivity contribution in [2.45, 2.75) is 37.9 Å². The summed E-state index contributed by atoms with van der Waals surface area (Å²) in [5.41, 5.74) is -0.0979. The summed E-state index contributed by atoms with van der Waals surface area (Å²) < 4.78 is 24.6. The largest absolute Gasteiger partial charge is 0.486 e. The van der Waals surface area contributed by atoms with Crippen LogP contribution >= 0.6 is 0 Å². The molecule has 18 heavy (non-hydrogen) atoms. The molecule has 1 fully saturated rings. The average molecular weight is 250 g/mol. The van der Waals surface area contributed by atoms with Crippen molar-refractivity contribution < 1.29 is 18.7 Å². The van der Waals surface area contributed by atoms with Crippen molar-refractivity contribution in [1.82, 2.24) is 0 Å². The van der Waals surface area contributed by atoms with Gasteiger partial charge in [-0.2, -0.15) is 0 Å². The first kappa shape index (κ1) is 11.7. The molecule has 1 saturated heterocycles. The lowest BCUT2D eigenvalue weighted by Crippen LogP contribution is -2.48. The molecule has 2 heterocycles. The molecule has 1 aromatic carbocycles. The van der Waals surface area contributed by atoms with Gasteiger partial charge in [-0.1, -0.05) is 0 Å². The van der Waals surface area contributed by atoms with Crippen molar-refractivity contribution in [3.63, 3.8) is 0 Å². The molecule has 2 unspecified atom stereocenters. The number of halogens is 1. The van der Waals surface area contributed by atoms with Gasteiger partial charge in [-0.25, -0.2) is 4.39 Å². The van der Waals surface area contributed by atoms with Crippen LogP contribution in [0, 0.1) is 5.82 Å². The van der Waals surface area contributed by atoms with Gasteiger partial charge in [0.1, 0.15) is 17.2 Å². The number of carbonyl (C=O) groups is 1. The van der Waals surface area contributed by atoms with E-state index in [1.165, 1.54) is 12.1 Å². The molecule has 1 aromatic rings. The van der Waals surface area contributed by atoms with E-state index in [1.54, 1.807) is 6.07 Å². The summed E-state index contributed by atoms with van der Waals surface area (Å²) in [4.78, 5) is 12.1. The SMILES string of the molecule is CC1CC2(CCO1)CC(=O)c1cc(F)ccc1O2. The van der Waals surface area contributed by atoms with Crippen LogP contribution in [-0.2, 0) is 4.74 Å².